The molecule has 2 aromatic carbocycles. The first-order chi connectivity index (χ1) is 14.3. The molecule has 4 rings (SSSR count). The highest BCUT2D eigenvalue weighted by Gasteiger charge is 2.19. The number of hydrogen-bond acceptors (Lipinski definition) is 5. The third-order valence-electron chi connectivity index (χ3n) is 5.15. The fraction of sp³-hybridized carbons (Fsp3) is 0.261. The summed E-state index contributed by atoms with van der Waals surface area (Å²) < 4.78 is 0. The van der Waals surface area contributed by atoms with Crippen LogP contribution in [0.2, 0.25) is 0 Å². The van der Waals surface area contributed by atoms with Crippen LogP contribution in [0.25, 0.3) is 0 Å². The molecule has 1 aliphatic heterocycles. The van der Waals surface area contributed by atoms with Crippen LogP contribution in [0.15, 0.2) is 72.8 Å². The van der Waals surface area contributed by atoms with Crippen molar-refractivity contribution in [2.75, 3.05) is 42.5 Å². The molecule has 0 bridgehead atoms. The quantitative estimate of drug-likeness (QED) is 0.705. The zero-order chi connectivity index (χ0) is 19.9. The average molecular weight is 387 g/mol. The molecule has 1 aromatic heterocycles. The Balaban J connectivity index is 1.27. The van der Waals surface area contributed by atoms with E-state index in [1.807, 2.05) is 30.3 Å². The summed E-state index contributed by atoms with van der Waals surface area (Å²) >= 11 is 0. The Labute approximate surface area is 171 Å². The Morgan fingerprint density at radius 3 is 2.10 bits per heavy atom. The number of piperazine rings is 1. The Morgan fingerprint density at radius 1 is 0.793 bits per heavy atom. The predicted octanol–water partition coefficient (Wildman–Crippen LogP) is 2.78. The monoisotopic (exact) mass is 387 g/mol. The minimum Gasteiger partial charge on any atom is -0.368 e. The van der Waals surface area contributed by atoms with Gasteiger partial charge in [0.05, 0.1) is 0 Å². The normalized spacial score (nSPS) is 13.9. The van der Waals surface area contributed by atoms with E-state index in [1.165, 1.54) is 11.3 Å². The van der Waals surface area contributed by atoms with E-state index in [4.69, 9.17) is 0 Å². The van der Waals surface area contributed by atoms with Gasteiger partial charge in [0.1, 0.15) is 0 Å². The van der Waals surface area contributed by atoms with Gasteiger partial charge in [-0.2, -0.15) is 0 Å². The standard InChI is InChI=1S/C23H25N5O/c29-23(24-14-13-19-7-3-1-4-8-19)21-11-12-22(26-25-21)28-17-15-27(16-18-28)20-9-5-2-6-10-20/h1-12H,13-18H2,(H,24,29). The fourth-order valence-electron chi connectivity index (χ4n) is 3.50. The minimum atomic E-state index is -0.186. The lowest BCUT2D eigenvalue weighted by Gasteiger charge is -2.36. The van der Waals surface area contributed by atoms with E-state index in [0.717, 1.165) is 38.4 Å². The molecule has 0 atom stereocenters. The summed E-state index contributed by atoms with van der Waals surface area (Å²) in [5, 5.41) is 11.3. The number of aromatic nitrogens is 2. The first-order valence-electron chi connectivity index (χ1n) is 10.0. The van der Waals surface area contributed by atoms with Crippen molar-refractivity contribution < 1.29 is 4.79 Å². The van der Waals surface area contributed by atoms with Crippen LogP contribution in [0.1, 0.15) is 16.1 Å². The fourth-order valence-corrected chi connectivity index (χ4v) is 3.50. The molecule has 2 heterocycles. The zero-order valence-corrected chi connectivity index (χ0v) is 16.4. The molecule has 3 aromatic rings. The third kappa shape index (κ3) is 4.90. The second-order valence-electron chi connectivity index (χ2n) is 7.08. The summed E-state index contributed by atoms with van der Waals surface area (Å²) in [7, 11) is 0. The van der Waals surface area contributed by atoms with Crippen LogP contribution < -0.4 is 15.1 Å². The zero-order valence-electron chi connectivity index (χ0n) is 16.4. The van der Waals surface area contributed by atoms with Crippen LogP contribution in [0.5, 0.6) is 0 Å². The lowest BCUT2D eigenvalue weighted by molar-refractivity contribution is 0.0948. The van der Waals surface area contributed by atoms with Gasteiger partial charge in [0.2, 0.25) is 0 Å². The number of nitrogens with zero attached hydrogens (tertiary/aromatic N) is 4. The van der Waals surface area contributed by atoms with Crippen LogP contribution in [-0.4, -0.2) is 48.8 Å². The SMILES string of the molecule is O=C(NCCc1ccccc1)c1ccc(N2CCN(c3ccccc3)CC2)nn1. The van der Waals surface area contributed by atoms with Crippen molar-refractivity contribution >= 4 is 17.4 Å². The van der Waals surface area contributed by atoms with Crippen molar-refractivity contribution in [3.8, 4) is 0 Å². The number of nitrogens with one attached hydrogen (secondary N) is 1. The van der Waals surface area contributed by atoms with Gasteiger partial charge in [0, 0.05) is 38.4 Å². The molecule has 1 aliphatic rings. The molecule has 1 saturated heterocycles. The summed E-state index contributed by atoms with van der Waals surface area (Å²) in [6, 6.07) is 24.2. The largest absolute Gasteiger partial charge is 0.368 e. The molecule has 1 amide bonds. The van der Waals surface area contributed by atoms with Gasteiger partial charge in [0.25, 0.3) is 5.91 Å². The lowest BCUT2D eigenvalue weighted by atomic mass is 10.1. The number of amides is 1. The lowest BCUT2D eigenvalue weighted by Crippen LogP contribution is -2.46. The summed E-state index contributed by atoms with van der Waals surface area (Å²) in [6.07, 6.45) is 0.795. The van der Waals surface area contributed by atoms with Crippen molar-refractivity contribution in [1.29, 1.82) is 0 Å². The maximum absolute atomic E-state index is 12.3. The Bertz CT molecular complexity index is 907. The van der Waals surface area contributed by atoms with Crippen LogP contribution in [0, 0.1) is 0 Å². The number of para-hydroxylation sites is 1. The number of benzene rings is 2. The molecule has 6 heteroatoms. The second-order valence-corrected chi connectivity index (χ2v) is 7.08. The van der Waals surface area contributed by atoms with Gasteiger partial charge >= 0.3 is 0 Å². The van der Waals surface area contributed by atoms with Gasteiger partial charge in [-0.25, -0.2) is 0 Å². The molecule has 6 nitrogen and oxygen atoms in total. The van der Waals surface area contributed by atoms with Gasteiger partial charge < -0.3 is 15.1 Å². The molecule has 0 saturated carbocycles. The number of anilines is 2. The molecule has 1 N–H and O–H groups in total. The highest BCUT2D eigenvalue weighted by molar-refractivity contribution is 5.92. The highest BCUT2D eigenvalue weighted by atomic mass is 16.1. The second kappa shape index (κ2) is 9.19. The van der Waals surface area contributed by atoms with Crippen molar-refractivity contribution in [2.24, 2.45) is 0 Å². The van der Waals surface area contributed by atoms with Crippen LogP contribution in [-0.2, 0) is 6.42 Å². The van der Waals surface area contributed by atoms with Crippen molar-refractivity contribution in [1.82, 2.24) is 15.5 Å². The summed E-state index contributed by atoms with van der Waals surface area (Å²) in [5.41, 5.74) is 2.80. The smallest absolute Gasteiger partial charge is 0.271 e. The van der Waals surface area contributed by atoms with Crippen LogP contribution >= 0.6 is 0 Å². The average Bonchev–Trinajstić information content (AvgIpc) is 2.80. The number of hydrogen-bond donors (Lipinski definition) is 1. The molecule has 0 aliphatic carbocycles. The van der Waals surface area contributed by atoms with Gasteiger partial charge in [-0.3, -0.25) is 4.79 Å². The molecule has 1 fully saturated rings. The molecular weight excluding hydrogens is 362 g/mol. The van der Waals surface area contributed by atoms with E-state index < -0.39 is 0 Å². The number of rotatable bonds is 6. The molecule has 148 valence electrons. The van der Waals surface area contributed by atoms with E-state index in [0.29, 0.717) is 12.2 Å². The predicted molar refractivity (Wildman–Crippen MR) is 115 cm³/mol. The van der Waals surface area contributed by atoms with Gasteiger partial charge in [-0.1, -0.05) is 48.5 Å². The van der Waals surface area contributed by atoms with E-state index in [9.17, 15) is 4.79 Å². The Kier molecular flexibility index (Phi) is 6.00. The topological polar surface area (TPSA) is 61.4 Å². The van der Waals surface area contributed by atoms with E-state index in [1.54, 1.807) is 6.07 Å². The molecule has 0 spiro atoms. The van der Waals surface area contributed by atoms with Gasteiger partial charge in [0.15, 0.2) is 11.5 Å². The first kappa shape index (κ1) is 18.9. The van der Waals surface area contributed by atoms with Crippen LogP contribution in [0.3, 0.4) is 0 Å². The highest BCUT2D eigenvalue weighted by Crippen LogP contribution is 2.18. The van der Waals surface area contributed by atoms with Crippen molar-refractivity contribution in [2.45, 2.75) is 6.42 Å². The van der Waals surface area contributed by atoms with E-state index in [-0.39, 0.29) is 5.91 Å². The first-order valence-corrected chi connectivity index (χ1v) is 10.0. The number of carbonyl (C=O) groups excluding carboxylic acids is 1. The molecule has 0 unspecified atom stereocenters. The van der Waals surface area contributed by atoms with Gasteiger partial charge in [-0.15, -0.1) is 10.2 Å². The van der Waals surface area contributed by atoms with Crippen molar-refractivity contribution in [3.63, 3.8) is 0 Å². The molecular formula is C23H25N5O. The van der Waals surface area contributed by atoms with Crippen LogP contribution in [0.4, 0.5) is 11.5 Å². The molecule has 0 radical (unpaired) electrons. The van der Waals surface area contributed by atoms with Crippen molar-refractivity contribution in [3.05, 3.63) is 84.1 Å². The maximum Gasteiger partial charge on any atom is 0.271 e. The summed E-state index contributed by atoms with van der Waals surface area (Å²) in [6.45, 7) is 4.22. The van der Waals surface area contributed by atoms with E-state index >= 15 is 0 Å². The Hall–Kier alpha value is -3.41. The third-order valence-corrected chi connectivity index (χ3v) is 5.15. The molecule has 29 heavy (non-hydrogen) atoms. The van der Waals surface area contributed by atoms with E-state index in [2.05, 4.69) is 61.7 Å². The number of carbonyl (C=O) groups is 1. The summed E-state index contributed by atoms with van der Waals surface area (Å²) in [5.74, 6) is 0.632. The Morgan fingerprint density at radius 2 is 1.45 bits per heavy atom. The summed E-state index contributed by atoms with van der Waals surface area (Å²) in [4.78, 5) is 16.9. The minimum absolute atomic E-state index is 0.186. The van der Waals surface area contributed by atoms with Gasteiger partial charge in [-0.05, 0) is 36.2 Å². The maximum atomic E-state index is 12.3.